The van der Waals surface area contributed by atoms with Gasteiger partial charge in [-0.05, 0) is 37.6 Å². The average Bonchev–Trinajstić information content (AvgIpc) is 3.29. The van der Waals surface area contributed by atoms with Gasteiger partial charge in [-0.3, -0.25) is 14.9 Å². The highest BCUT2D eigenvalue weighted by atomic mass is 32.2. The lowest BCUT2D eigenvalue weighted by Gasteiger charge is -2.02. The van der Waals surface area contributed by atoms with Gasteiger partial charge in [-0.15, -0.1) is 0 Å². The summed E-state index contributed by atoms with van der Waals surface area (Å²) < 4.78 is 5.86. The van der Waals surface area contributed by atoms with Crippen LogP contribution in [0, 0.1) is 24.0 Å². The average molecular weight is 404 g/mol. The van der Waals surface area contributed by atoms with Gasteiger partial charge < -0.3 is 4.42 Å². The third-order valence-corrected chi connectivity index (χ3v) is 5.54. The highest BCUT2D eigenvalue weighted by Crippen LogP contribution is 2.34. The van der Waals surface area contributed by atoms with Gasteiger partial charge >= 0.3 is 0 Å². The number of aliphatic imine (C=N–C) groups is 1. The van der Waals surface area contributed by atoms with E-state index in [1.165, 1.54) is 23.9 Å². The molecule has 3 aromatic rings. The summed E-state index contributed by atoms with van der Waals surface area (Å²) in [4.78, 5) is 27.4. The molecule has 0 aliphatic carbocycles. The largest absolute Gasteiger partial charge is 0.457 e. The Bertz CT molecular complexity index is 1190. The second-order valence-corrected chi connectivity index (χ2v) is 7.69. The maximum absolute atomic E-state index is 12.3. The number of nitro groups is 1. The zero-order chi connectivity index (χ0) is 20.5. The Balaban J connectivity index is 1.56. The molecule has 0 saturated carbocycles. The van der Waals surface area contributed by atoms with E-state index in [2.05, 4.69) is 4.99 Å². The number of nitrogens with zero attached hydrogens (tertiary/aromatic N) is 2. The van der Waals surface area contributed by atoms with Gasteiger partial charge in [0.25, 0.3) is 11.6 Å². The van der Waals surface area contributed by atoms with Crippen LogP contribution in [0.25, 0.3) is 17.4 Å². The van der Waals surface area contributed by atoms with Crippen molar-refractivity contribution >= 4 is 34.5 Å². The summed E-state index contributed by atoms with van der Waals surface area (Å²) in [5.74, 6) is 0.809. The fraction of sp³-hybridized carbons (Fsp3) is 0.0909. The molecular weight excluding hydrogens is 388 g/mol. The number of nitro benzene ring substituents is 1. The minimum atomic E-state index is -0.427. The number of carbonyl (C=O) groups excluding carboxylic acids is 1. The number of thioether (sulfide) groups is 1. The molecule has 0 N–H and O–H groups in total. The molecule has 0 spiro atoms. The smallest absolute Gasteiger partial charge is 0.285 e. The molecule has 6 nitrogen and oxygen atoms in total. The van der Waals surface area contributed by atoms with Crippen LogP contribution in [0.2, 0.25) is 0 Å². The van der Waals surface area contributed by atoms with Crippen molar-refractivity contribution in [1.29, 1.82) is 0 Å². The number of carbonyl (C=O) groups is 1. The Hall–Kier alpha value is -3.45. The Morgan fingerprint density at radius 1 is 1.07 bits per heavy atom. The number of aryl methyl sites for hydroxylation is 2. The number of furan rings is 1. The predicted molar refractivity (Wildman–Crippen MR) is 114 cm³/mol. The molecule has 7 heteroatoms. The Morgan fingerprint density at radius 2 is 1.83 bits per heavy atom. The van der Waals surface area contributed by atoms with Gasteiger partial charge in [-0.1, -0.05) is 41.6 Å². The van der Waals surface area contributed by atoms with Crippen LogP contribution < -0.4 is 0 Å². The molecule has 1 aliphatic rings. The van der Waals surface area contributed by atoms with Crippen molar-refractivity contribution in [3.8, 4) is 11.3 Å². The lowest BCUT2D eigenvalue weighted by Crippen LogP contribution is -1.90. The van der Waals surface area contributed by atoms with Crippen molar-refractivity contribution in [3.63, 3.8) is 0 Å². The van der Waals surface area contributed by atoms with Crippen LogP contribution in [0.3, 0.4) is 0 Å². The van der Waals surface area contributed by atoms with Gasteiger partial charge in [0.15, 0.2) is 0 Å². The number of non-ortho nitro benzene ring substituents is 1. The van der Waals surface area contributed by atoms with E-state index in [-0.39, 0.29) is 11.6 Å². The van der Waals surface area contributed by atoms with Crippen molar-refractivity contribution in [1.82, 2.24) is 0 Å². The van der Waals surface area contributed by atoms with Crippen LogP contribution in [0.1, 0.15) is 22.5 Å². The van der Waals surface area contributed by atoms with Gasteiger partial charge in [-0.2, -0.15) is 0 Å². The van der Waals surface area contributed by atoms with Crippen molar-refractivity contribution in [3.05, 3.63) is 92.1 Å². The van der Waals surface area contributed by atoms with E-state index in [1.54, 1.807) is 31.2 Å². The van der Waals surface area contributed by atoms with Gasteiger partial charge in [0, 0.05) is 29.3 Å². The van der Waals surface area contributed by atoms with Crippen molar-refractivity contribution in [2.24, 2.45) is 4.99 Å². The molecule has 1 aliphatic heterocycles. The first-order valence-electron chi connectivity index (χ1n) is 8.85. The summed E-state index contributed by atoms with van der Waals surface area (Å²) in [5, 5.41) is 11.6. The second kappa shape index (κ2) is 7.52. The first kappa shape index (κ1) is 18.9. The second-order valence-electron chi connectivity index (χ2n) is 6.66. The lowest BCUT2D eigenvalue weighted by atomic mass is 10.1. The van der Waals surface area contributed by atoms with E-state index in [9.17, 15) is 14.9 Å². The highest BCUT2D eigenvalue weighted by molar-refractivity contribution is 8.19. The predicted octanol–water partition coefficient (Wildman–Crippen LogP) is 5.53. The van der Waals surface area contributed by atoms with Crippen LogP contribution >= 0.6 is 11.8 Å². The summed E-state index contributed by atoms with van der Waals surface area (Å²) in [5.41, 5.74) is 3.59. The van der Waals surface area contributed by atoms with Crippen molar-refractivity contribution < 1.29 is 14.1 Å². The van der Waals surface area contributed by atoms with E-state index in [1.807, 2.05) is 31.2 Å². The Morgan fingerprint density at radius 3 is 2.52 bits per heavy atom. The third-order valence-electron chi connectivity index (χ3n) is 4.51. The molecule has 0 bridgehead atoms. The molecule has 2 aromatic carbocycles. The Kier molecular flexibility index (Phi) is 4.90. The quantitative estimate of drug-likeness (QED) is 0.324. The summed E-state index contributed by atoms with van der Waals surface area (Å²) >= 11 is 1.31. The first-order valence-corrected chi connectivity index (χ1v) is 9.67. The number of benzene rings is 2. The molecule has 0 unspecified atom stereocenters. The molecule has 4 rings (SSSR count). The number of amides is 1. The zero-order valence-electron chi connectivity index (χ0n) is 15.7. The maximum Gasteiger partial charge on any atom is 0.285 e. The SMILES string of the molecule is Cc1ccc(C2=NC(=O)C(=Cc3ccc(-c4ccc([N+](=O)[O-])cc4C)o3)S2)cc1. The topological polar surface area (TPSA) is 85.7 Å². The fourth-order valence-corrected chi connectivity index (χ4v) is 3.87. The monoisotopic (exact) mass is 404 g/mol. The molecule has 144 valence electrons. The Labute approximate surface area is 171 Å². The summed E-state index contributed by atoms with van der Waals surface area (Å²) in [6.07, 6.45) is 1.67. The molecule has 2 heterocycles. The fourth-order valence-electron chi connectivity index (χ4n) is 2.97. The van der Waals surface area contributed by atoms with Crippen LogP contribution in [-0.4, -0.2) is 15.9 Å². The van der Waals surface area contributed by atoms with Crippen LogP contribution in [0.15, 0.2) is 68.9 Å². The molecule has 0 radical (unpaired) electrons. The molecule has 0 saturated heterocycles. The normalized spacial score (nSPS) is 15.0. The van der Waals surface area contributed by atoms with Crippen LogP contribution in [-0.2, 0) is 4.79 Å². The number of hydrogen-bond donors (Lipinski definition) is 0. The van der Waals surface area contributed by atoms with Crippen molar-refractivity contribution in [2.45, 2.75) is 13.8 Å². The molecule has 0 fully saturated rings. The van der Waals surface area contributed by atoms with E-state index in [4.69, 9.17) is 4.42 Å². The van der Waals surface area contributed by atoms with E-state index in [0.717, 1.165) is 22.3 Å². The standard InChI is InChI=1S/C22H16N2O4S/c1-13-3-5-15(6-4-13)22-23-21(25)20(29-22)12-17-8-10-19(28-17)18-9-7-16(24(26)27)11-14(18)2/h3-12H,1-2H3. The summed E-state index contributed by atoms with van der Waals surface area (Å²) in [6.45, 7) is 3.80. The summed E-state index contributed by atoms with van der Waals surface area (Å²) in [7, 11) is 0. The molecule has 1 aromatic heterocycles. The molecule has 0 atom stereocenters. The lowest BCUT2D eigenvalue weighted by molar-refractivity contribution is -0.384. The summed E-state index contributed by atoms with van der Waals surface area (Å²) in [6, 6.07) is 16.0. The van der Waals surface area contributed by atoms with Gasteiger partial charge in [-0.25, -0.2) is 4.99 Å². The first-order chi connectivity index (χ1) is 13.9. The van der Waals surface area contributed by atoms with E-state index < -0.39 is 4.92 Å². The van der Waals surface area contributed by atoms with Gasteiger partial charge in [0.2, 0.25) is 0 Å². The maximum atomic E-state index is 12.3. The van der Waals surface area contributed by atoms with Gasteiger partial charge in [0.05, 0.1) is 9.83 Å². The minimum absolute atomic E-state index is 0.0360. The zero-order valence-corrected chi connectivity index (χ0v) is 16.5. The van der Waals surface area contributed by atoms with Crippen LogP contribution in [0.5, 0.6) is 0 Å². The molecular formula is C22H16N2O4S. The highest BCUT2D eigenvalue weighted by Gasteiger charge is 2.23. The van der Waals surface area contributed by atoms with Crippen LogP contribution in [0.4, 0.5) is 5.69 Å². The molecule has 29 heavy (non-hydrogen) atoms. The van der Waals surface area contributed by atoms with Gasteiger partial charge in [0.1, 0.15) is 16.6 Å². The van der Waals surface area contributed by atoms with Crippen molar-refractivity contribution in [2.75, 3.05) is 0 Å². The third kappa shape index (κ3) is 3.90. The minimum Gasteiger partial charge on any atom is -0.457 e. The number of hydrogen-bond acceptors (Lipinski definition) is 5. The van der Waals surface area contributed by atoms with E-state index in [0.29, 0.717) is 21.5 Å². The molecule has 1 amide bonds. The van der Waals surface area contributed by atoms with E-state index >= 15 is 0 Å². The number of rotatable bonds is 4.